The SMILES string of the molecule is Cc1ccccc1N1CCCC(N(C)CCN)C1. The highest BCUT2D eigenvalue weighted by Crippen LogP contribution is 2.24. The van der Waals surface area contributed by atoms with E-state index < -0.39 is 0 Å². The van der Waals surface area contributed by atoms with Gasteiger partial charge >= 0.3 is 0 Å². The maximum Gasteiger partial charge on any atom is 0.0396 e. The Kier molecular flexibility index (Phi) is 4.61. The molecule has 0 radical (unpaired) electrons. The third kappa shape index (κ3) is 3.03. The Hall–Kier alpha value is -1.06. The summed E-state index contributed by atoms with van der Waals surface area (Å²) in [4.78, 5) is 4.93. The van der Waals surface area contributed by atoms with Crippen LogP contribution < -0.4 is 10.6 Å². The van der Waals surface area contributed by atoms with E-state index in [9.17, 15) is 0 Å². The van der Waals surface area contributed by atoms with E-state index in [-0.39, 0.29) is 0 Å². The zero-order valence-corrected chi connectivity index (χ0v) is 11.6. The number of anilines is 1. The summed E-state index contributed by atoms with van der Waals surface area (Å²) in [5.74, 6) is 0. The highest BCUT2D eigenvalue weighted by molar-refractivity contribution is 5.53. The number of benzene rings is 1. The summed E-state index contributed by atoms with van der Waals surface area (Å²) in [6, 6.07) is 9.32. The Bertz CT molecular complexity index is 378. The summed E-state index contributed by atoms with van der Waals surface area (Å²) in [6.07, 6.45) is 2.56. The molecule has 1 heterocycles. The zero-order chi connectivity index (χ0) is 13.0. The van der Waals surface area contributed by atoms with Crippen LogP contribution in [0.25, 0.3) is 0 Å². The van der Waals surface area contributed by atoms with Crippen LogP contribution >= 0.6 is 0 Å². The monoisotopic (exact) mass is 247 g/mol. The lowest BCUT2D eigenvalue weighted by Gasteiger charge is -2.39. The molecule has 2 N–H and O–H groups in total. The van der Waals surface area contributed by atoms with Crippen LogP contribution in [-0.2, 0) is 0 Å². The molecule has 1 aromatic carbocycles. The lowest BCUT2D eigenvalue weighted by atomic mass is 10.0. The van der Waals surface area contributed by atoms with Crippen LogP contribution in [-0.4, -0.2) is 44.2 Å². The van der Waals surface area contributed by atoms with Gasteiger partial charge in [0.25, 0.3) is 0 Å². The third-order valence-corrected chi connectivity index (χ3v) is 3.96. The van der Waals surface area contributed by atoms with Crippen molar-refractivity contribution < 1.29 is 0 Å². The fourth-order valence-electron chi connectivity index (χ4n) is 2.84. The Labute approximate surface area is 111 Å². The molecule has 0 aromatic heterocycles. The summed E-state index contributed by atoms with van der Waals surface area (Å²) in [7, 11) is 2.19. The largest absolute Gasteiger partial charge is 0.370 e. The van der Waals surface area contributed by atoms with E-state index in [0.717, 1.165) is 19.6 Å². The molecule has 1 saturated heterocycles. The van der Waals surface area contributed by atoms with Crippen molar-refractivity contribution in [3.05, 3.63) is 29.8 Å². The van der Waals surface area contributed by atoms with Gasteiger partial charge in [-0.25, -0.2) is 0 Å². The molecule has 1 fully saturated rings. The first-order valence-corrected chi connectivity index (χ1v) is 6.93. The second-order valence-corrected chi connectivity index (χ2v) is 5.30. The van der Waals surface area contributed by atoms with Crippen molar-refractivity contribution in [3.63, 3.8) is 0 Å². The summed E-state index contributed by atoms with van der Waals surface area (Å²) < 4.78 is 0. The number of piperidine rings is 1. The third-order valence-electron chi connectivity index (χ3n) is 3.96. The molecule has 1 aliphatic heterocycles. The molecule has 100 valence electrons. The van der Waals surface area contributed by atoms with E-state index >= 15 is 0 Å². The lowest BCUT2D eigenvalue weighted by Crippen LogP contribution is -2.48. The van der Waals surface area contributed by atoms with Crippen LogP contribution in [0.5, 0.6) is 0 Å². The van der Waals surface area contributed by atoms with E-state index in [1.54, 1.807) is 0 Å². The molecule has 0 bridgehead atoms. The number of para-hydroxylation sites is 1. The van der Waals surface area contributed by atoms with Gasteiger partial charge in [-0.1, -0.05) is 18.2 Å². The molecule has 3 heteroatoms. The highest BCUT2D eigenvalue weighted by Gasteiger charge is 2.23. The van der Waals surface area contributed by atoms with Gasteiger partial charge in [0, 0.05) is 37.9 Å². The van der Waals surface area contributed by atoms with Gasteiger partial charge in [-0.2, -0.15) is 0 Å². The van der Waals surface area contributed by atoms with Crippen LogP contribution in [0, 0.1) is 6.92 Å². The molecule has 0 aliphatic carbocycles. The molecule has 1 aliphatic rings. The van der Waals surface area contributed by atoms with Gasteiger partial charge in [-0.15, -0.1) is 0 Å². The standard InChI is InChI=1S/C15H25N3/c1-13-6-3-4-8-15(13)18-10-5-7-14(12-18)17(2)11-9-16/h3-4,6,8,14H,5,7,9-12,16H2,1-2H3. The summed E-state index contributed by atoms with van der Waals surface area (Å²) in [5.41, 5.74) is 8.42. The maximum absolute atomic E-state index is 5.65. The molecule has 0 saturated carbocycles. The first-order chi connectivity index (χ1) is 8.72. The zero-order valence-electron chi connectivity index (χ0n) is 11.6. The van der Waals surface area contributed by atoms with Crippen molar-refractivity contribution >= 4 is 5.69 Å². The van der Waals surface area contributed by atoms with E-state index in [1.807, 2.05) is 0 Å². The predicted octanol–water partition coefficient (Wildman–Crippen LogP) is 1.85. The first-order valence-electron chi connectivity index (χ1n) is 6.93. The van der Waals surface area contributed by atoms with Crippen LogP contribution in [0.1, 0.15) is 18.4 Å². The van der Waals surface area contributed by atoms with Crippen LogP contribution in [0.15, 0.2) is 24.3 Å². The fourth-order valence-corrected chi connectivity index (χ4v) is 2.84. The van der Waals surface area contributed by atoms with Crippen molar-refractivity contribution in [2.24, 2.45) is 5.73 Å². The highest BCUT2D eigenvalue weighted by atomic mass is 15.2. The molecule has 3 nitrogen and oxygen atoms in total. The Morgan fingerprint density at radius 2 is 2.17 bits per heavy atom. The quantitative estimate of drug-likeness (QED) is 0.881. The maximum atomic E-state index is 5.65. The number of aryl methyl sites for hydroxylation is 1. The smallest absolute Gasteiger partial charge is 0.0396 e. The predicted molar refractivity (Wildman–Crippen MR) is 78.1 cm³/mol. The van der Waals surface area contributed by atoms with Crippen molar-refractivity contribution in [1.29, 1.82) is 0 Å². The average Bonchev–Trinajstić information content (AvgIpc) is 2.40. The van der Waals surface area contributed by atoms with Crippen molar-refractivity contribution in [3.8, 4) is 0 Å². The first kappa shape index (κ1) is 13.4. The number of hydrogen-bond acceptors (Lipinski definition) is 3. The Balaban J connectivity index is 2.05. The van der Waals surface area contributed by atoms with Crippen molar-refractivity contribution in [2.45, 2.75) is 25.8 Å². The minimum absolute atomic E-state index is 0.641. The normalized spacial score (nSPS) is 20.4. The molecular formula is C15H25N3. The van der Waals surface area contributed by atoms with Gasteiger partial charge in [0.1, 0.15) is 0 Å². The minimum atomic E-state index is 0.641. The van der Waals surface area contributed by atoms with E-state index in [0.29, 0.717) is 6.04 Å². The topological polar surface area (TPSA) is 32.5 Å². The molecule has 1 atom stereocenters. The molecule has 0 spiro atoms. The van der Waals surface area contributed by atoms with E-state index in [2.05, 4.69) is 48.0 Å². The summed E-state index contributed by atoms with van der Waals surface area (Å²) >= 11 is 0. The minimum Gasteiger partial charge on any atom is -0.370 e. The number of hydrogen-bond donors (Lipinski definition) is 1. The summed E-state index contributed by atoms with van der Waals surface area (Å²) in [6.45, 7) is 6.24. The van der Waals surface area contributed by atoms with Crippen molar-refractivity contribution in [2.75, 3.05) is 38.1 Å². The number of nitrogens with zero attached hydrogens (tertiary/aromatic N) is 2. The molecule has 2 rings (SSSR count). The number of rotatable bonds is 4. The molecule has 1 unspecified atom stereocenters. The van der Waals surface area contributed by atoms with E-state index in [1.165, 1.54) is 30.6 Å². The van der Waals surface area contributed by atoms with Crippen LogP contribution in [0.3, 0.4) is 0 Å². The fraction of sp³-hybridized carbons (Fsp3) is 0.600. The van der Waals surface area contributed by atoms with Crippen molar-refractivity contribution in [1.82, 2.24) is 4.90 Å². The van der Waals surface area contributed by atoms with Gasteiger partial charge in [0.2, 0.25) is 0 Å². The molecule has 18 heavy (non-hydrogen) atoms. The molecular weight excluding hydrogens is 222 g/mol. The van der Waals surface area contributed by atoms with Gasteiger partial charge in [-0.05, 0) is 38.4 Å². The second kappa shape index (κ2) is 6.21. The average molecular weight is 247 g/mol. The second-order valence-electron chi connectivity index (χ2n) is 5.30. The van der Waals surface area contributed by atoms with Gasteiger partial charge in [0.15, 0.2) is 0 Å². The van der Waals surface area contributed by atoms with Gasteiger partial charge < -0.3 is 15.5 Å². The van der Waals surface area contributed by atoms with Crippen LogP contribution in [0.2, 0.25) is 0 Å². The Morgan fingerprint density at radius 3 is 2.89 bits per heavy atom. The lowest BCUT2D eigenvalue weighted by molar-refractivity contribution is 0.221. The Morgan fingerprint density at radius 1 is 1.39 bits per heavy atom. The van der Waals surface area contributed by atoms with Gasteiger partial charge in [0.05, 0.1) is 0 Å². The summed E-state index contributed by atoms with van der Waals surface area (Å²) in [5, 5.41) is 0. The number of likely N-dealkylation sites (N-methyl/N-ethyl adjacent to an activating group) is 1. The molecule has 1 aromatic rings. The van der Waals surface area contributed by atoms with Gasteiger partial charge in [-0.3, -0.25) is 0 Å². The molecule has 0 amide bonds. The number of nitrogens with two attached hydrogens (primary N) is 1. The van der Waals surface area contributed by atoms with Crippen LogP contribution in [0.4, 0.5) is 5.69 Å². The van der Waals surface area contributed by atoms with E-state index in [4.69, 9.17) is 5.73 Å².